The van der Waals surface area contributed by atoms with Gasteiger partial charge in [-0.2, -0.15) is 0 Å². The highest BCUT2D eigenvalue weighted by Crippen LogP contribution is 2.23. The molecule has 1 aromatic rings. The van der Waals surface area contributed by atoms with Gasteiger partial charge in [-0.3, -0.25) is 4.90 Å². The summed E-state index contributed by atoms with van der Waals surface area (Å²) in [5.74, 6) is 7.14. The molecule has 6 heteroatoms. The summed E-state index contributed by atoms with van der Waals surface area (Å²) in [5.41, 5.74) is 3.63. The second-order valence-corrected chi connectivity index (χ2v) is 4.74. The van der Waals surface area contributed by atoms with Gasteiger partial charge in [0.1, 0.15) is 18.0 Å². The van der Waals surface area contributed by atoms with Crippen molar-refractivity contribution in [2.24, 2.45) is 5.84 Å². The number of aromatic nitrogens is 2. The van der Waals surface area contributed by atoms with E-state index in [4.69, 9.17) is 5.84 Å². The van der Waals surface area contributed by atoms with Gasteiger partial charge in [-0.15, -0.1) is 0 Å². The smallest absolute Gasteiger partial charge is 0.148 e. The van der Waals surface area contributed by atoms with Crippen LogP contribution in [0, 0.1) is 6.92 Å². The molecule has 0 spiro atoms. The summed E-state index contributed by atoms with van der Waals surface area (Å²) in [7, 11) is 0. The first-order valence-corrected chi connectivity index (χ1v) is 6.44. The lowest BCUT2D eigenvalue weighted by molar-refractivity contribution is 0.199. The fourth-order valence-corrected chi connectivity index (χ4v) is 2.56. The van der Waals surface area contributed by atoms with Crippen LogP contribution in [0.5, 0.6) is 0 Å². The maximum absolute atomic E-state index is 5.45. The molecule has 1 atom stereocenters. The van der Waals surface area contributed by atoms with Crippen molar-refractivity contribution in [2.45, 2.75) is 26.8 Å². The van der Waals surface area contributed by atoms with Crippen molar-refractivity contribution in [1.29, 1.82) is 0 Å². The van der Waals surface area contributed by atoms with Gasteiger partial charge in [0, 0.05) is 31.2 Å². The lowest BCUT2D eigenvalue weighted by atomic mass is 10.1. The largest absolute Gasteiger partial charge is 0.353 e. The van der Waals surface area contributed by atoms with Crippen molar-refractivity contribution in [2.75, 3.05) is 36.5 Å². The normalized spacial score (nSPS) is 21.1. The minimum atomic E-state index is 0.549. The van der Waals surface area contributed by atoms with Crippen LogP contribution in [0.1, 0.15) is 19.4 Å². The molecule has 2 heterocycles. The number of hydrogen-bond acceptors (Lipinski definition) is 6. The Hall–Kier alpha value is -1.40. The predicted octanol–water partition coefficient (Wildman–Crippen LogP) is 0.601. The van der Waals surface area contributed by atoms with E-state index in [1.807, 2.05) is 6.92 Å². The summed E-state index contributed by atoms with van der Waals surface area (Å²) < 4.78 is 0. The molecule has 0 radical (unpaired) electrons. The summed E-state index contributed by atoms with van der Waals surface area (Å²) >= 11 is 0. The van der Waals surface area contributed by atoms with Gasteiger partial charge in [0.05, 0.1) is 0 Å². The highest BCUT2D eigenvalue weighted by Gasteiger charge is 2.24. The molecule has 0 amide bonds. The Morgan fingerprint density at radius 2 is 2.22 bits per heavy atom. The van der Waals surface area contributed by atoms with Crippen molar-refractivity contribution >= 4 is 11.6 Å². The molecule has 0 aliphatic carbocycles. The second-order valence-electron chi connectivity index (χ2n) is 4.74. The fourth-order valence-electron chi connectivity index (χ4n) is 2.56. The topological polar surface area (TPSA) is 70.3 Å². The molecule has 1 saturated heterocycles. The Kier molecular flexibility index (Phi) is 3.98. The van der Waals surface area contributed by atoms with Crippen molar-refractivity contribution in [3.05, 3.63) is 11.9 Å². The molecule has 100 valence electrons. The zero-order chi connectivity index (χ0) is 13.1. The van der Waals surface area contributed by atoms with Gasteiger partial charge in [0.2, 0.25) is 0 Å². The maximum Gasteiger partial charge on any atom is 0.148 e. The number of nitrogens with one attached hydrogen (secondary N) is 1. The molecule has 18 heavy (non-hydrogen) atoms. The summed E-state index contributed by atoms with van der Waals surface area (Å²) in [6, 6.07) is 0.549. The van der Waals surface area contributed by atoms with E-state index in [9.17, 15) is 0 Å². The average Bonchev–Trinajstić information content (AvgIpc) is 2.39. The van der Waals surface area contributed by atoms with Crippen LogP contribution in [0.15, 0.2) is 6.33 Å². The molecular weight excluding hydrogens is 228 g/mol. The molecule has 1 unspecified atom stereocenters. The molecule has 1 fully saturated rings. The number of hydrogen-bond donors (Lipinski definition) is 2. The number of likely N-dealkylation sites (N-methyl/N-ethyl adjacent to an activating group) is 1. The van der Waals surface area contributed by atoms with Gasteiger partial charge in [0.15, 0.2) is 0 Å². The molecule has 1 aromatic heterocycles. The van der Waals surface area contributed by atoms with Gasteiger partial charge in [0.25, 0.3) is 0 Å². The molecule has 1 aliphatic heterocycles. The molecule has 1 aliphatic rings. The van der Waals surface area contributed by atoms with E-state index < -0.39 is 0 Å². The Labute approximate surface area is 108 Å². The van der Waals surface area contributed by atoms with Crippen LogP contribution in [0.25, 0.3) is 0 Å². The van der Waals surface area contributed by atoms with Crippen LogP contribution in [-0.4, -0.2) is 47.1 Å². The molecule has 3 N–H and O–H groups in total. The number of nitrogens with zero attached hydrogens (tertiary/aromatic N) is 4. The fraction of sp³-hybridized carbons (Fsp3) is 0.667. The minimum Gasteiger partial charge on any atom is -0.353 e. The Balaban J connectivity index is 2.18. The average molecular weight is 250 g/mol. The molecule has 2 rings (SSSR count). The van der Waals surface area contributed by atoms with E-state index in [0.29, 0.717) is 11.9 Å². The van der Waals surface area contributed by atoms with Crippen LogP contribution in [0.2, 0.25) is 0 Å². The van der Waals surface area contributed by atoms with Gasteiger partial charge >= 0.3 is 0 Å². The lowest BCUT2D eigenvalue weighted by Crippen LogP contribution is -2.52. The van der Waals surface area contributed by atoms with E-state index in [-0.39, 0.29) is 0 Å². The van der Waals surface area contributed by atoms with E-state index >= 15 is 0 Å². The Bertz CT molecular complexity index is 408. The summed E-state index contributed by atoms with van der Waals surface area (Å²) in [4.78, 5) is 13.3. The van der Waals surface area contributed by atoms with E-state index in [0.717, 1.165) is 37.6 Å². The standard InChI is InChI=1S/C12H22N6/c1-4-17-5-6-18(7-9(17)2)12-10(3)11(16-13)14-8-15-12/h8-9H,4-7,13H2,1-3H3,(H,14,15,16). The highest BCUT2D eigenvalue weighted by atomic mass is 15.3. The summed E-state index contributed by atoms with van der Waals surface area (Å²) in [6.07, 6.45) is 1.56. The number of anilines is 2. The van der Waals surface area contributed by atoms with Crippen LogP contribution in [0.3, 0.4) is 0 Å². The van der Waals surface area contributed by atoms with E-state index in [1.54, 1.807) is 6.33 Å². The highest BCUT2D eigenvalue weighted by molar-refractivity contribution is 5.57. The van der Waals surface area contributed by atoms with E-state index in [1.165, 1.54) is 0 Å². The lowest BCUT2D eigenvalue weighted by Gasteiger charge is -2.40. The second kappa shape index (κ2) is 5.49. The third-order valence-corrected chi connectivity index (χ3v) is 3.66. The van der Waals surface area contributed by atoms with Crippen LogP contribution in [0.4, 0.5) is 11.6 Å². The molecular formula is C12H22N6. The molecule has 0 aromatic carbocycles. The maximum atomic E-state index is 5.45. The number of piperazine rings is 1. The molecule has 0 saturated carbocycles. The first kappa shape index (κ1) is 13.0. The quantitative estimate of drug-likeness (QED) is 0.605. The van der Waals surface area contributed by atoms with Crippen molar-refractivity contribution in [1.82, 2.24) is 14.9 Å². The van der Waals surface area contributed by atoms with Crippen molar-refractivity contribution < 1.29 is 0 Å². The van der Waals surface area contributed by atoms with Crippen molar-refractivity contribution in [3.8, 4) is 0 Å². The number of nitrogen functional groups attached to an aromatic ring is 1. The summed E-state index contributed by atoms with van der Waals surface area (Å²) in [6.45, 7) is 10.6. The zero-order valence-corrected chi connectivity index (χ0v) is 11.3. The number of hydrazine groups is 1. The minimum absolute atomic E-state index is 0.549. The summed E-state index contributed by atoms with van der Waals surface area (Å²) in [5, 5.41) is 0. The zero-order valence-electron chi connectivity index (χ0n) is 11.3. The first-order chi connectivity index (χ1) is 8.67. The Morgan fingerprint density at radius 3 is 2.83 bits per heavy atom. The monoisotopic (exact) mass is 250 g/mol. The van der Waals surface area contributed by atoms with Gasteiger partial charge in [-0.05, 0) is 20.4 Å². The molecule has 6 nitrogen and oxygen atoms in total. The predicted molar refractivity (Wildman–Crippen MR) is 73.5 cm³/mol. The Morgan fingerprint density at radius 1 is 1.44 bits per heavy atom. The van der Waals surface area contributed by atoms with Crippen LogP contribution in [-0.2, 0) is 0 Å². The molecule has 0 bridgehead atoms. The third kappa shape index (κ3) is 2.39. The van der Waals surface area contributed by atoms with Crippen LogP contribution >= 0.6 is 0 Å². The van der Waals surface area contributed by atoms with Gasteiger partial charge < -0.3 is 10.3 Å². The van der Waals surface area contributed by atoms with Gasteiger partial charge in [-0.1, -0.05) is 6.92 Å². The third-order valence-electron chi connectivity index (χ3n) is 3.66. The van der Waals surface area contributed by atoms with Crippen molar-refractivity contribution in [3.63, 3.8) is 0 Å². The van der Waals surface area contributed by atoms with Gasteiger partial charge in [-0.25, -0.2) is 15.8 Å². The first-order valence-electron chi connectivity index (χ1n) is 6.44. The number of rotatable bonds is 3. The van der Waals surface area contributed by atoms with E-state index in [2.05, 4.69) is 39.0 Å². The van der Waals surface area contributed by atoms with Crippen LogP contribution < -0.4 is 16.2 Å². The number of nitrogens with two attached hydrogens (primary N) is 1. The SMILES string of the molecule is CCN1CCN(c2ncnc(NN)c2C)CC1C.